The Morgan fingerprint density at radius 1 is 1.35 bits per heavy atom. The Morgan fingerprint density at radius 2 is 2.24 bits per heavy atom. The molecule has 0 bridgehead atoms. The van der Waals surface area contributed by atoms with E-state index in [-0.39, 0.29) is 6.04 Å². The highest BCUT2D eigenvalue weighted by molar-refractivity contribution is 5.01. The molecule has 0 aliphatic rings. The van der Waals surface area contributed by atoms with Gasteiger partial charge in [-0.25, -0.2) is 0 Å². The van der Waals surface area contributed by atoms with Crippen molar-refractivity contribution in [2.45, 2.75) is 26.4 Å². The number of aryl methyl sites for hydroxylation is 1. The third-order valence-corrected chi connectivity index (χ3v) is 2.58. The van der Waals surface area contributed by atoms with Crippen LogP contribution in [0, 0.1) is 6.92 Å². The molecule has 1 N–H and O–H groups in total. The first-order valence-corrected chi connectivity index (χ1v) is 5.74. The van der Waals surface area contributed by atoms with Crippen LogP contribution in [0.2, 0.25) is 0 Å². The second-order valence-electron chi connectivity index (χ2n) is 4.09. The molecule has 0 saturated carbocycles. The summed E-state index contributed by atoms with van der Waals surface area (Å²) in [5, 5.41) is 7.63. The van der Waals surface area contributed by atoms with Crippen molar-refractivity contribution in [1.29, 1.82) is 0 Å². The van der Waals surface area contributed by atoms with E-state index in [1.165, 1.54) is 5.56 Å². The summed E-state index contributed by atoms with van der Waals surface area (Å²) in [6.07, 6.45) is 9.09. The summed E-state index contributed by atoms with van der Waals surface area (Å²) in [7, 11) is 0. The number of rotatable bonds is 5. The van der Waals surface area contributed by atoms with Gasteiger partial charge < -0.3 is 5.32 Å². The van der Waals surface area contributed by atoms with Crippen molar-refractivity contribution in [2.75, 3.05) is 6.54 Å². The molecule has 2 heterocycles. The molecule has 2 rings (SSSR count). The monoisotopic (exact) mass is 231 g/mol. The molecule has 0 aliphatic carbocycles. The maximum atomic E-state index is 4.26. The fourth-order valence-electron chi connectivity index (χ4n) is 1.62. The highest BCUT2D eigenvalue weighted by atomic mass is 15.3. The molecule has 0 radical (unpaired) electrons. The van der Waals surface area contributed by atoms with E-state index in [9.17, 15) is 0 Å². The zero-order chi connectivity index (χ0) is 12.1. The van der Waals surface area contributed by atoms with E-state index in [2.05, 4.69) is 27.3 Å². The number of hydrogen-bond acceptors (Lipinski definition) is 4. The van der Waals surface area contributed by atoms with Gasteiger partial charge in [-0.3, -0.25) is 14.6 Å². The molecule has 0 aromatic carbocycles. The number of nitrogens with zero attached hydrogens (tertiary/aromatic N) is 4. The first kappa shape index (κ1) is 11.7. The standard InChI is InChI=1S/C12H17N5/c1-10-7-16-17(9-10)6-5-14-11(2)12-8-13-3-4-15-12/h3-4,7-9,11,14H,5-6H2,1-2H3. The van der Waals surface area contributed by atoms with Crippen molar-refractivity contribution < 1.29 is 0 Å². The van der Waals surface area contributed by atoms with Crippen molar-refractivity contribution in [3.05, 3.63) is 42.2 Å². The zero-order valence-electron chi connectivity index (χ0n) is 10.2. The minimum absolute atomic E-state index is 0.209. The van der Waals surface area contributed by atoms with Gasteiger partial charge in [0.15, 0.2) is 0 Å². The van der Waals surface area contributed by atoms with Crippen molar-refractivity contribution in [3.63, 3.8) is 0 Å². The molecular formula is C12H17N5. The van der Waals surface area contributed by atoms with Crippen LogP contribution in [-0.2, 0) is 6.54 Å². The van der Waals surface area contributed by atoms with Gasteiger partial charge in [-0.05, 0) is 19.4 Å². The zero-order valence-corrected chi connectivity index (χ0v) is 10.2. The lowest BCUT2D eigenvalue weighted by Gasteiger charge is -2.12. The average Bonchev–Trinajstić information content (AvgIpc) is 2.76. The molecule has 5 heteroatoms. The quantitative estimate of drug-likeness (QED) is 0.843. The van der Waals surface area contributed by atoms with Crippen molar-refractivity contribution in [1.82, 2.24) is 25.1 Å². The van der Waals surface area contributed by atoms with Crippen LogP contribution in [0.25, 0.3) is 0 Å². The third kappa shape index (κ3) is 3.35. The molecule has 0 amide bonds. The van der Waals surface area contributed by atoms with E-state index >= 15 is 0 Å². The summed E-state index contributed by atoms with van der Waals surface area (Å²) in [6.45, 7) is 5.84. The number of hydrogen-bond donors (Lipinski definition) is 1. The first-order valence-electron chi connectivity index (χ1n) is 5.74. The highest BCUT2D eigenvalue weighted by Gasteiger charge is 2.05. The average molecular weight is 231 g/mol. The van der Waals surface area contributed by atoms with Crippen LogP contribution in [0.4, 0.5) is 0 Å². The summed E-state index contributed by atoms with van der Waals surface area (Å²) < 4.78 is 1.94. The summed E-state index contributed by atoms with van der Waals surface area (Å²) in [5.41, 5.74) is 2.15. The van der Waals surface area contributed by atoms with Gasteiger partial charge in [-0.1, -0.05) is 0 Å². The van der Waals surface area contributed by atoms with E-state index in [4.69, 9.17) is 0 Å². The summed E-state index contributed by atoms with van der Waals surface area (Å²) >= 11 is 0. The Labute approximate surface area is 101 Å². The molecule has 0 saturated heterocycles. The Kier molecular flexibility index (Phi) is 3.82. The van der Waals surface area contributed by atoms with Gasteiger partial charge in [0.25, 0.3) is 0 Å². The van der Waals surface area contributed by atoms with Crippen molar-refractivity contribution in [2.24, 2.45) is 0 Å². The first-order chi connectivity index (χ1) is 8.25. The Hall–Kier alpha value is -1.75. The van der Waals surface area contributed by atoms with Crippen molar-refractivity contribution in [3.8, 4) is 0 Å². The topological polar surface area (TPSA) is 55.6 Å². The molecule has 90 valence electrons. The van der Waals surface area contributed by atoms with Gasteiger partial charge in [-0.2, -0.15) is 5.10 Å². The second kappa shape index (κ2) is 5.54. The molecule has 2 aromatic rings. The smallest absolute Gasteiger partial charge is 0.0753 e. The van der Waals surface area contributed by atoms with Gasteiger partial charge in [0.1, 0.15) is 0 Å². The predicted molar refractivity (Wildman–Crippen MR) is 65.4 cm³/mol. The van der Waals surface area contributed by atoms with Crippen LogP contribution in [0.5, 0.6) is 0 Å². The summed E-state index contributed by atoms with van der Waals surface area (Å²) in [6, 6.07) is 0.209. The van der Waals surface area contributed by atoms with E-state index in [0.29, 0.717) is 0 Å². The van der Waals surface area contributed by atoms with Gasteiger partial charge >= 0.3 is 0 Å². The van der Waals surface area contributed by atoms with Crippen LogP contribution in [0.3, 0.4) is 0 Å². The Morgan fingerprint density at radius 3 is 2.88 bits per heavy atom. The molecular weight excluding hydrogens is 214 g/mol. The maximum absolute atomic E-state index is 4.26. The fourth-order valence-corrected chi connectivity index (χ4v) is 1.62. The third-order valence-electron chi connectivity index (χ3n) is 2.58. The Balaban J connectivity index is 1.79. The molecule has 2 aromatic heterocycles. The van der Waals surface area contributed by atoms with E-state index in [1.54, 1.807) is 18.6 Å². The molecule has 0 fully saturated rings. The summed E-state index contributed by atoms with van der Waals surface area (Å²) in [5.74, 6) is 0. The Bertz CT molecular complexity index is 451. The van der Waals surface area contributed by atoms with Gasteiger partial charge in [0, 0.05) is 37.4 Å². The van der Waals surface area contributed by atoms with E-state index < -0.39 is 0 Å². The SMILES string of the molecule is Cc1cnn(CCNC(C)c2cnccn2)c1. The van der Waals surface area contributed by atoms with Crippen LogP contribution < -0.4 is 5.32 Å². The van der Waals surface area contributed by atoms with E-state index in [1.807, 2.05) is 24.0 Å². The number of nitrogens with one attached hydrogen (secondary N) is 1. The molecule has 1 atom stereocenters. The van der Waals surface area contributed by atoms with Crippen LogP contribution in [0.15, 0.2) is 31.0 Å². The maximum Gasteiger partial charge on any atom is 0.0753 e. The normalized spacial score (nSPS) is 12.6. The number of aromatic nitrogens is 4. The van der Waals surface area contributed by atoms with Gasteiger partial charge in [0.05, 0.1) is 18.4 Å². The lowest BCUT2D eigenvalue weighted by atomic mass is 10.2. The minimum atomic E-state index is 0.209. The lowest BCUT2D eigenvalue weighted by Crippen LogP contribution is -2.24. The van der Waals surface area contributed by atoms with Gasteiger partial charge in [-0.15, -0.1) is 0 Å². The van der Waals surface area contributed by atoms with Crippen LogP contribution >= 0.6 is 0 Å². The fraction of sp³-hybridized carbons (Fsp3) is 0.417. The largest absolute Gasteiger partial charge is 0.307 e. The minimum Gasteiger partial charge on any atom is -0.307 e. The lowest BCUT2D eigenvalue weighted by molar-refractivity contribution is 0.500. The van der Waals surface area contributed by atoms with Crippen molar-refractivity contribution >= 4 is 0 Å². The van der Waals surface area contributed by atoms with Crippen LogP contribution in [-0.4, -0.2) is 26.3 Å². The van der Waals surface area contributed by atoms with Crippen LogP contribution in [0.1, 0.15) is 24.2 Å². The molecule has 0 spiro atoms. The molecule has 0 aliphatic heterocycles. The highest BCUT2D eigenvalue weighted by Crippen LogP contribution is 2.05. The molecule has 5 nitrogen and oxygen atoms in total. The predicted octanol–water partition coefficient (Wildman–Crippen LogP) is 1.33. The molecule has 1 unspecified atom stereocenters. The van der Waals surface area contributed by atoms with Gasteiger partial charge in [0.2, 0.25) is 0 Å². The van der Waals surface area contributed by atoms with E-state index in [0.717, 1.165) is 18.8 Å². The second-order valence-corrected chi connectivity index (χ2v) is 4.09. The summed E-state index contributed by atoms with van der Waals surface area (Å²) in [4.78, 5) is 8.32. The molecule has 17 heavy (non-hydrogen) atoms.